The van der Waals surface area contributed by atoms with E-state index in [1.165, 1.54) is 10.4 Å². The molecule has 1 N–H and O–H groups in total. The molecule has 4 rings (SSSR count). The van der Waals surface area contributed by atoms with Gasteiger partial charge in [-0.05, 0) is 24.1 Å². The second-order valence-electron chi connectivity index (χ2n) is 7.78. The van der Waals surface area contributed by atoms with Gasteiger partial charge in [0.2, 0.25) is 15.9 Å². The number of benzene rings is 2. The summed E-state index contributed by atoms with van der Waals surface area (Å²) in [5.74, 6) is -0.106. The molecule has 9 heteroatoms. The van der Waals surface area contributed by atoms with E-state index in [-0.39, 0.29) is 24.7 Å². The third-order valence-electron chi connectivity index (χ3n) is 5.41. The van der Waals surface area contributed by atoms with Gasteiger partial charge in [-0.25, -0.2) is 12.7 Å². The van der Waals surface area contributed by atoms with Crippen LogP contribution in [0.5, 0.6) is 0 Å². The summed E-state index contributed by atoms with van der Waals surface area (Å²) in [6, 6.07) is 17.4. The molecule has 7 nitrogen and oxygen atoms in total. The molecule has 0 saturated carbocycles. The number of sulfonamides is 1. The van der Waals surface area contributed by atoms with Crippen LogP contribution in [-0.4, -0.2) is 53.8 Å². The lowest BCUT2D eigenvalue weighted by atomic mass is 10.1. The van der Waals surface area contributed by atoms with Gasteiger partial charge in [-0.1, -0.05) is 60.1 Å². The van der Waals surface area contributed by atoms with Gasteiger partial charge in [-0.15, -0.1) is 0 Å². The first-order chi connectivity index (χ1) is 15.9. The second-order valence-corrected chi connectivity index (χ2v) is 10.3. The lowest BCUT2D eigenvalue weighted by Gasteiger charge is -2.13. The van der Waals surface area contributed by atoms with Crippen LogP contribution in [-0.2, 0) is 21.4 Å². The summed E-state index contributed by atoms with van der Waals surface area (Å²) >= 11 is 6.30. The van der Waals surface area contributed by atoms with Gasteiger partial charge in [0.05, 0.1) is 18.0 Å². The Morgan fingerprint density at radius 1 is 1.12 bits per heavy atom. The third-order valence-corrected chi connectivity index (χ3v) is 7.73. The molecule has 0 spiro atoms. The Morgan fingerprint density at radius 2 is 1.88 bits per heavy atom. The number of hydrogen-bond donors (Lipinski definition) is 1. The average Bonchev–Trinajstić information content (AvgIpc) is 3.36. The zero-order valence-electron chi connectivity index (χ0n) is 18.0. The summed E-state index contributed by atoms with van der Waals surface area (Å²) in [7, 11) is -3.16. The van der Waals surface area contributed by atoms with Crippen LogP contribution in [0.3, 0.4) is 0 Å². The van der Waals surface area contributed by atoms with Gasteiger partial charge in [0.25, 0.3) is 0 Å². The molecular formula is C24H25ClN4O3S. The van der Waals surface area contributed by atoms with Crippen molar-refractivity contribution in [3.8, 4) is 11.3 Å². The minimum atomic E-state index is -3.16. The third kappa shape index (κ3) is 5.90. The first-order valence-electron chi connectivity index (χ1n) is 10.7. The van der Waals surface area contributed by atoms with Gasteiger partial charge in [0.15, 0.2) is 0 Å². The number of nitrogens with zero attached hydrogens (tertiary/aromatic N) is 3. The summed E-state index contributed by atoms with van der Waals surface area (Å²) in [4.78, 5) is 12.3. The molecule has 2 heterocycles. The minimum Gasteiger partial charge on any atom is -0.351 e. The Kier molecular flexibility index (Phi) is 7.27. The normalized spacial score (nSPS) is 15.8. The number of nitrogens with one attached hydrogen (secondary N) is 1. The van der Waals surface area contributed by atoms with Crippen molar-refractivity contribution >= 4 is 33.6 Å². The van der Waals surface area contributed by atoms with E-state index in [2.05, 4.69) is 5.32 Å². The SMILES string of the molecule is O=C(/C=C/c1cn(Cc2ccccc2Cl)nc1-c1ccccc1)NCCN1CCCS1(=O)=O. The Balaban J connectivity index is 1.47. The van der Waals surface area contributed by atoms with Crippen molar-refractivity contribution in [3.63, 3.8) is 0 Å². The molecule has 2 aromatic carbocycles. The topological polar surface area (TPSA) is 84.3 Å². The van der Waals surface area contributed by atoms with E-state index >= 15 is 0 Å². The van der Waals surface area contributed by atoms with E-state index in [4.69, 9.17) is 16.7 Å². The molecule has 1 fully saturated rings. The van der Waals surface area contributed by atoms with Crippen LogP contribution in [0.25, 0.3) is 17.3 Å². The molecular weight excluding hydrogens is 460 g/mol. The van der Waals surface area contributed by atoms with Crippen LogP contribution in [0.4, 0.5) is 0 Å². The Morgan fingerprint density at radius 3 is 2.61 bits per heavy atom. The summed E-state index contributed by atoms with van der Waals surface area (Å²) in [5, 5.41) is 8.15. The van der Waals surface area contributed by atoms with Crippen molar-refractivity contribution < 1.29 is 13.2 Å². The summed E-state index contributed by atoms with van der Waals surface area (Å²) in [6.45, 7) is 1.57. The molecule has 0 radical (unpaired) electrons. The molecule has 1 saturated heterocycles. The monoisotopic (exact) mass is 484 g/mol. The molecule has 0 aliphatic carbocycles. The van der Waals surface area contributed by atoms with Crippen LogP contribution in [0.1, 0.15) is 17.5 Å². The molecule has 1 aliphatic rings. The highest BCUT2D eigenvalue weighted by Crippen LogP contribution is 2.24. The molecule has 1 amide bonds. The highest BCUT2D eigenvalue weighted by molar-refractivity contribution is 7.89. The molecule has 0 unspecified atom stereocenters. The molecule has 1 aliphatic heterocycles. The smallest absolute Gasteiger partial charge is 0.244 e. The van der Waals surface area contributed by atoms with Crippen molar-refractivity contribution in [2.75, 3.05) is 25.4 Å². The molecule has 172 valence electrons. The fourth-order valence-corrected chi connectivity index (χ4v) is 5.46. The highest BCUT2D eigenvalue weighted by atomic mass is 35.5. The van der Waals surface area contributed by atoms with E-state index in [9.17, 15) is 13.2 Å². The molecule has 33 heavy (non-hydrogen) atoms. The van der Waals surface area contributed by atoms with Crippen LogP contribution in [0, 0.1) is 0 Å². The number of carbonyl (C=O) groups is 1. The maximum Gasteiger partial charge on any atom is 0.244 e. The Bertz CT molecular complexity index is 1260. The predicted molar refractivity (Wildman–Crippen MR) is 130 cm³/mol. The van der Waals surface area contributed by atoms with Crippen molar-refractivity contribution in [3.05, 3.63) is 83.0 Å². The van der Waals surface area contributed by atoms with Gasteiger partial charge < -0.3 is 5.32 Å². The Hall–Kier alpha value is -2.94. The van der Waals surface area contributed by atoms with Crippen LogP contribution >= 0.6 is 11.6 Å². The number of carbonyl (C=O) groups excluding carboxylic acids is 1. The summed E-state index contributed by atoms with van der Waals surface area (Å²) in [5.41, 5.74) is 3.45. The number of rotatable bonds is 8. The van der Waals surface area contributed by atoms with E-state index in [1.54, 1.807) is 10.8 Å². The van der Waals surface area contributed by atoms with E-state index in [0.717, 1.165) is 22.4 Å². The molecule has 1 aromatic heterocycles. The number of aromatic nitrogens is 2. The van der Waals surface area contributed by atoms with E-state index < -0.39 is 10.0 Å². The number of hydrogen-bond acceptors (Lipinski definition) is 4. The average molecular weight is 485 g/mol. The van der Waals surface area contributed by atoms with Crippen molar-refractivity contribution in [1.82, 2.24) is 19.4 Å². The van der Waals surface area contributed by atoms with Gasteiger partial charge in [-0.3, -0.25) is 9.48 Å². The largest absolute Gasteiger partial charge is 0.351 e. The van der Waals surface area contributed by atoms with Crippen LogP contribution < -0.4 is 5.32 Å². The molecule has 3 aromatic rings. The first-order valence-corrected chi connectivity index (χ1v) is 12.7. The van der Waals surface area contributed by atoms with Crippen molar-refractivity contribution in [1.29, 1.82) is 0 Å². The summed E-state index contributed by atoms with van der Waals surface area (Å²) < 4.78 is 26.9. The Labute approximate surface area is 198 Å². The van der Waals surface area contributed by atoms with Gasteiger partial charge >= 0.3 is 0 Å². The number of halogens is 1. The maximum atomic E-state index is 12.3. The first kappa shape index (κ1) is 23.2. The van der Waals surface area contributed by atoms with E-state index in [0.29, 0.717) is 24.5 Å². The van der Waals surface area contributed by atoms with Crippen molar-refractivity contribution in [2.24, 2.45) is 0 Å². The van der Waals surface area contributed by atoms with Gasteiger partial charge in [0.1, 0.15) is 0 Å². The maximum absolute atomic E-state index is 12.3. The fourth-order valence-electron chi connectivity index (χ4n) is 3.73. The highest BCUT2D eigenvalue weighted by Gasteiger charge is 2.27. The number of amides is 1. The quantitative estimate of drug-likeness (QED) is 0.496. The zero-order valence-corrected chi connectivity index (χ0v) is 19.6. The minimum absolute atomic E-state index is 0.182. The summed E-state index contributed by atoms with van der Waals surface area (Å²) in [6.07, 6.45) is 5.69. The fraction of sp³-hybridized carbons (Fsp3) is 0.250. The van der Waals surface area contributed by atoms with Crippen LogP contribution in [0.2, 0.25) is 5.02 Å². The van der Waals surface area contributed by atoms with Gasteiger partial charge in [0, 0.05) is 48.1 Å². The predicted octanol–water partition coefficient (Wildman–Crippen LogP) is 3.42. The van der Waals surface area contributed by atoms with E-state index in [1.807, 2.05) is 60.8 Å². The molecule has 0 bridgehead atoms. The lowest BCUT2D eigenvalue weighted by Crippen LogP contribution is -2.35. The van der Waals surface area contributed by atoms with Crippen LogP contribution in [0.15, 0.2) is 66.9 Å². The van der Waals surface area contributed by atoms with Gasteiger partial charge in [-0.2, -0.15) is 5.10 Å². The standard InChI is InChI=1S/C24H25ClN4O3S/c25-22-10-5-4-9-20(22)17-28-18-21(24(27-28)19-7-2-1-3-8-19)11-12-23(30)26-13-15-29-14-6-16-33(29,31)32/h1-5,7-12,18H,6,13-17H2,(H,26,30)/b12-11+. The molecule has 0 atom stereocenters. The second kappa shape index (κ2) is 10.3. The van der Waals surface area contributed by atoms with Crippen molar-refractivity contribution in [2.45, 2.75) is 13.0 Å². The zero-order chi connectivity index (χ0) is 23.3. The lowest BCUT2D eigenvalue weighted by molar-refractivity contribution is -0.116.